The Hall–Kier alpha value is -3.04. The van der Waals surface area contributed by atoms with Crippen molar-refractivity contribution >= 4 is 10.9 Å². The van der Waals surface area contributed by atoms with Gasteiger partial charge in [-0.3, -0.25) is 4.79 Å². The standard InChI is InChI=1S/C24H28FN5O3/c1-29-22(31)5-3-16-2-4-20(25)19(23(16)29)8-11-30-9-6-17(7-10-30)26-15-18-14-21-24(28-27-18)33-13-12-32-21/h2-5,14,17,26H,6-13,15H2,1H3. The van der Waals surface area contributed by atoms with E-state index in [1.807, 2.05) is 6.07 Å². The summed E-state index contributed by atoms with van der Waals surface area (Å²) in [4.78, 5) is 14.4. The fourth-order valence-electron chi connectivity index (χ4n) is 4.64. The Morgan fingerprint density at radius 1 is 1.12 bits per heavy atom. The Morgan fingerprint density at radius 2 is 1.91 bits per heavy atom. The third-order valence-electron chi connectivity index (χ3n) is 6.52. The molecule has 0 amide bonds. The maximum absolute atomic E-state index is 14.6. The molecule has 33 heavy (non-hydrogen) atoms. The zero-order chi connectivity index (χ0) is 22.8. The molecule has 1 aromatic carbocycles. The van der Waals surface area contributed by atoms with Crippen molar-refractivity contribution in [1.29, 1.82) is 0 Å². The number of nitrogens with zero attached hydrogens (tertiary/aromatic N) is 4. The second kappa shape index (κ2) is 9.44. The highest BCUT2D eigenvalue weighted by molar-refractivity contribution is 5.82. The number of hydrogen-bond donors (Lipinski definition) is 1. The molecule has 1 N–H and O–H groups in total. The summed E-state index contributed by atoms with van der Waals surface area (Å²) in [7, 11) is 1.71. The Bertz CT molecular complexity index is 1210. The van der Waals surface area contributed by atoms with E-state index in [1.54, 1.807) is 23.7 Å². The molecule has 0 spiro atoms. The molecule has 0 atom stereocenters. The molecule has 1 saturated heterocycles. The lowest BCUT2D eigenvalue weighted by atomic mass is 10.0. The number of ether oxygens (including phenoxy) is 2. The van der Waals surface area contributed by atoms with E-state index in [0.717, 1.165) is 43.6 Å². The molecule has 0 bridgehead atoms. The van der Waals surface area contributed by atoms with Crippen molar-refractivity contribution in [2.45, 2.75) is 31.8 Å². The summed E-state index contributed by atoms with van der Waals surface area (Å²) in [5, 5.41) is 12.8. The van der Waals surface area contributed by atoms with Gasteiger partial charge in [0.1, 0.15) is 19.0 Å². The molecule has 0 unspecified atom stereocenters. The zero-order valence-corrected chi connectivity index (χ0v) is 18.7. The number of fused-ring (bicyclic) bond motifs is 2. The van der Waals surface area contributed by atoms with E-state index in [-0.39, 0.29) is 11.4 Å². The highest BCUT2D eigenvalue weighted by Gasteiger charge is 2.21. The van der Waals surface area contributed by atoms with Crippen LogP contribution in [-0.2, 0) is 20.0 Å². The molecular formula is C24H28FN5O3. The van der Waals surface area contributed by atoms with Crippen molar-refractivity contribution in [3.05, 3.63) is 57.8 Å². The lowest BCUT2D eigenvalue weighted by Gasteiger charge is -2.32. The van der Waals surface area contributed by atoms with Crippen LogP contribution < -0.4 is 20.3 Å². The second-order valence-corrected chi connectivity index (χ2v) is 8.64. The third-order valence-corrected chi connectivity index (χ3v) is 6.52. The van der Waals surface area contributed by atoms with Crippen LogP contribution in [0.1, 0.15) is 24.1 Å². The van der Waals surface area contributed by atoms with Gasteiger partial charge in [-0.2, -0.15) is 5.10 Å². The van der Waals surface area contributed by atoms with Crippen molar-refractivity contribution < 1.29 is 13.9 Å². The topological polar surface area (TPSA) is 81.5 Å². The van der Waals surface area contributed by atoms with Crippen molar-refractivity contribution in [1.82, 2.24) is 25.0 Å². The van der Waals surface area contributed by atoms with Gasteiger partial charge in [-0.15, -0.1) is 5.10 Å². The molecule has 8 nitrogen and oxygen atoms in total. The van der Waals surface area contributed by atoms with Gasteiger partial charge >= 0.3 is 0 Å². The lowest BCUT2D eigenvalue weighted by molar-refractivity contribution is 0.161. The number of benzene rings is 1. The fourth-order valence-corrected chi connectivity index (χ4v) is 4.64. The van der Waals surface area contributed by atoms with Crippen LogP contribution in [0.4, 0.5) is 4.39 Å². The molecule has 0 aliphatic carbocycles. The average Bonchev–Trinajstić information content (AvgIpc) is 2.85. The summed E-state index contributed by atoms with van der Waals surface area (Å²) in [6, 6.07) is 8.81. The van der Waals surface area contributed by atoms with E-state index in [4.69, 9.17) is 9.47 Å². The summed E-state index contributed by atoms with van der Waals surface area (Å²) in [6.07, 6.45) is 2.59. The maximum atomic E-state index is 14.6. The van der Waals surface area contributed by atoms with Gasteiger partial charge in [-0.05, 0) is 55.9 Å². The zero-order valence-electron chi connectivity index (χ0n) is 18.7. The summed E-state index contributed by atoms with van der Waals surface area (Å²) in [5.74, 6) is 0.864. The van der Waals surface area contributed by atoms with Crippen LogP contribution in [0.15, 0.2) is 35.1 Å². The van der Waals surface area contributed by atoms with Gasteiger partial charge in [-0.1, -0.05) is 0 Å². The van der Waals surface area contributed by atoms with E-state index >= 15 is 0 Å². The summed E-state index contributed by atoms with van der Waals surface area (Å²) in [5.41, 5.74) is 2.02. The van der Waals surface area contributed by atoms with E-state index in [1.165, 1.54) is 12.1 Å². The van der Waals surface area contributed by atoms with Crippen molar-refractivity contribution in [2.24, 2.45) is 7.05 Å². The number of halogens is 1. The molecule has 2 aliphatic rings. The third kappa shape index (κ3) is 4.69. The average molecular weight is 454 g/mol. The van der Waals surface area contributed by atoms with Crippen LogP contribution in [0.25, 0.3) is 10.9 Å². The first-order valence-corrected chi connectivity index (χ1v) is 11.4. The summed E-state index contributed by atoms with van der Waals surface area (Å²) in [6.45, 7) is 4.31. The fraction of sp³-hybridized carbons (Fsp3) is 0.458. The molecule has 2 aliphatic heterocycles. The van der Waals surface area contributed by atoms with Crippen LogP contribution >= 0.6 is 0 Å². The Kier molecular flexibility index (Phi) is 6.24. The molecule has 4 heterocycles. The first-order chi connectivity index (χ1) is 16.1. The highest BCUT2D eigenvalue weighted by atomic mass is 19.1. The number of nitrogens with one attached hydrogen (secondary N) is 1. The number of likely N-dealkylation sites (tertiary alicyclic amines) is 1. The lowest BCUT2D eigenvalue weighted by Crippen LogP contribution is -2.43. The molecule has 174 valence electrons. The summed E-state index contributed by atoms with van der Waals surface area (Å²) >= 11 is 0. The van der Waals surface area contributed by atoms with Crippen molar-refractivity contribution in [3.63, 3.8) is 0 Å². The van der Waals surface area contributed by atoms with Crippen LogP contribution in [0.5, 0.6) is 11.6 Å². The van der Waals surface area contributed by atoms with Gasteiger partial charge in [0.15, 0.2) is 5.75 Å². The van der Waals surface area contributed by atoms with Crippen LogP contribution in [0.3, 0.4) is 0 Å². The van der Waals surface area contributed by atoms with Gasteiger partial charge in [-0.25, -0.2) is 4.39 Å². The summed E-state index contributed by atoms with van der Waals surface area (Å²) < 4.78 is 27.2. The number of aromatic nitrogens is 3. The highest BCUT2D eigenvalue weighted by Crippen LogP contribution is 2.27. The number of piperidine rings is 1. The monoisotopic (exact) mass is 453 g/mol. The van der Waals surface area contributed by atoms with E-state index in [0.29, 0.717) is 54.9 Å². The number of aryl methyl sites for hydroxylation is 1. The van der Waals surface area contributed by atoms with Gasteiger partial charge in [0.2, 0.25) is 0 Å². The molecule has 0 saturated carbocycles. The number of hydrogen-bond acceptors (Lipinski definition) is 7. The van der Waals surface area contributed by atoms with Gasteiger partial charge < -0.3 is 24.3 Å². The van der Waals surface area contributed by atoms with Crippen LogP contribution in [0.2, 0.25) is 0 Å². The van der Waals surface area contributed by atoms with Gasteiger partial charge in [0, 0.05) is 43.9 Å². The van der Waals surface area contributed by atoms with E-state index < -0.39 is 0 Å². The van der Waals surface area contributed by atoms with Crippen molar-refractivity contribution in [2.75, 3.05) is 32.8 Å². The minimum Gasteiger partial charge on any atom is -0.484 e. The molecule has 2 aromatic heterocycles. The second-order valence-electron chi connectivity index (χ2n) is 8.64. The van der Waals surface area contributed by atoms with Crippen LogP contribution in [-0.4, -0.2) is 58.6 Å². The van der Waals surface area contributed by atoms with E-state index in [9.17, 15) is 9.18 Å². The smallest absolute Gasteiger partial charge is 0.276 e. The molecule has 9 heteroatoms. The predicted molar refractivity (Wildman–Crippen MR) is 122 cm³/mol. The molecule has 0 radical (unpaired) electrons. The minimum atomic E-state index is -0.249. The van der Waals surface area contributed by atoms with Crippen LogP contribution in [0, 0.1) is 5.82 Å². The normalized spacial score (nSPS) is 16.9. The maximum Gasteiger partial charge on any atom is 0.276 e. The molecule has 3 aromatic rings. The molecule has 5 rings (SSSR count). The van der Waals surface area contributed by atoms with E-state index in [2.05, 4.69) is 20.4 Å². The number of pyridine rings is 1. The van der Waals surface area contributed by atoms with Gasteiger partial charge in [0.05, 0.1) is 11.2 Å². The SMILES string of the molecule is Cn1c(=O)ccc2ccc(F)c(CCN3CCC(NCc4cc5c(nn4)OCCO5)CC3)c21. The predicted octanol–water partition coefficient (Wildman–Crippen LogP) is 2.04. The Labute approximate surface area is 191 Å². The largest absolute Gasteiger partial charge is 0.484 e. The Morgan fingerprint density at radius 3 is 2.76 bits per heavy atom. The molecule has 1 fully saturated rings. The number of rotatable bonds is 6. The first kappa shape index (κ1) is 21.8. The first-order valence-electron chi connectivity index (χ1n) is 11.4. The quantitative estimate of drug-likeness (QED) is 0.612. The van der Waals surface area contributed by atoms with Crippen molar-refractivity contribution in [3.8, 4) is 11.6 Å². The Balaban J connectivity index is 1.15. The minimum absolute atomic E-state index is 0.121. The van der Waals surface area contributed by atoms with Gasteiger partial charge in [0.25, 0.3) is 11.4 Å². The molecular weight excluding hydrogens is 425 g/mol.